The fourth-order valence-electron chi connectivity index (χ4n) is 5.43. The summed E-state index contributed by atoms with van der Waals surface area (Å²) in [5, 5.41) is 3.19. The summed E-state index contributed by atoms with van der Waals surface area (Å²) in [4.78, 5) is 19.9. The van der Waals surface area contributed by atoms with Crippen molar-refractivity contribution in [3.8, 4) is 0 Å². The lowest BCUT2D eigenvalue weighted by Crippen LogP contribution is -2.45. The van der Waals surface area contributed by atoms with Gasteiger partial charge in [-0.1, -0.05) is 12.6 Å². The standard InChI is InChI=1S/C23H27N3O/c1-16-15-20(25-22(27)19-7-3-2-6-18(16)19)26-13-10-23(11-14-26)9-8-17-5-4-12-24-21(17)23/h4-5,12,15H,1-3,6-11,13-14H2,(H,25,27). The molecule has 1 N–H and O–H groups in total. The minimum atomic E-state index is 0.0859. The van der Waals surface area contributed by atoms with Gasteiger partial charge in [-0.15, -0.1) is 0 Å². The summed E-state index contributed by atoms with van der Waals surface area (Å²) in [5.74, 6) is 1.02. The summed E-state index contributed by atoms with van der Waals surface area (Å²) in [6.45, 7) is 6.19. The smallest absolute Gasteiger partial charge is 0.252 e. The molecule has 3 heterocycles. The maximum Gasteiger partial charge on any atom is 0.252 e. The summed E-state index contributed by atoms with van der Waals surface area (Å²) in [6, 6.07) is 4.29. The lowest BCUT2D eigenvalue weighted by molar-refractivity contribution is -0.117. The molecule has 27 heavy (non-hydrogen) atoms. The third kappa shape index (κ3) is 2.73. The molecule has 0 atom stereocenters. The Morgan fingerprint density at radius 1 is 1.07 bits per heavy atom. The molecule has 140 valence electrons. The number of carbonyl (C=O) groups excluding carboxylic acids is 1. The average molecular weight is 361 g/mol. The van der Waals surface area contributed by atoms with Crippen LogP contribution in [0.4, 0.5) is 0 Å². The molecule has 4 aliphatic rings. The number of piperidine rings is 1. The lowest BCUT2D eigenvalue weighted by Gasteiger charge is -2.41. The Kier molecular flexibility index (Phi) is 3.96. The fourth-order valence-corrected chi connectivity index (χ4v) is 5.43. The van der Waals surface area contributed by atoms with Crippen LogP contribution >= 0.6 is 0 Å². The number of amides is 1. The zero-order valence-electron chi connectivity index (χ0n) is 15.9. The molecule has 1 aromatic rings. The highest BCUT2D eigenvalue weighted by Gasteiger charge is 2.42. The van der Waals surface area contributed by atoms with E-state index in [0.717, 1.165) is 75.0 Å². The topological polar surface area (TPSA) is 45.2 Å². The third-order valence-corrected chi connectivity index (χ3v) is 7.01. The predicted molar refractivity (Wildman–Crippen MR) is 106 cm³/mol. The van der Waals surface area contributed by atoms with Crippen molar-refractivity contribution in [1.29, 1.82) is 0 Å². The Hall–Kier alpha value is -2.36. The summed E-state index contributed by atoms with van der Waals surface area (Å²) in [6.07, 6.45) is 12.7. The molecule has 0 aromatic carbocycles. The van der Waals surface area contributed by atoms with Gasteiger partial charge in [-0.2, -0.15) is 0 Å². The third-order valence-electron chi connectivity index (χ3n) is 7.01. The first-order chi connectivity index (χ1) is 13.2. The van der Waals surface area contributed by atoms with Crippen molar-refractivity contribution >= 4 is 5.91 Å². The SMILES string of the molecule is C=C1C=C(N2CCC3(CCc4cccnc43)CC2)NC(=O)C2=C1CCCC2. The molecule has 1 fully saturated rings. The number of hydrogen-bond acceptors (Lipinski definition) is 3. The van der Waals surface area contributed by atoms with Crippen molar-refractivity contribution in [1.82, 2.24) is 15.2 Å². The van der Waals surface area contributed by atoms with Crippen LogP contribution in [0, 0.1) is 0 Å². The number of fused-ring (bicyclic) bond motifs is 2. The van der Waals surface area contributed by atoms with E-state index in [1.54, 1.807) is 0 Å². The number of aromatic nitrogens is 1. The van der Waals surface area contributed by atoms with Gasteiger partial charge >= 0.3 is 0 Å². The summed E-state index contributed by atoms with van der Waals surface area (Å²) in [7, 11) is 0. The molecule has 1 saturated heterocycles. The number of pyridine rings is 1. The van der Waals surface area contributed by atoms with Crippen LogP contribution in [-0.4, -0.2) is 28.9 Å². The van der Waals surface area contributed by atoms with Crippen LogP contribution in [0.1, 0.15) is 56.2 Å². The van der Waals surface area contributed by atoms with Crippen molar-refractivity contribution < 1.29 is 4.79 Å². The number of rotatable bonds is 1. The molecule has 2 aliphatic carbocycles. The van der Waals surface area contributed by atoms with Crippen molar-refractivity contribution in [2.75, 3.05) is 13.1 Å². The molecule has 1 aromatic heterocycles. The number of nitrogens with zero attached hydrogens (tertiary/aromatic N) is 2. The zero-order chi connectivity index (χ0) is 18.4. The van der Waals surface area contributed by atoms with E-state index in [2.05, 4.69) is 35.0 Å². The normalized spacial score (nSPS) is 24.3. The van der Waals surface area contributed by atoms with E-state index in [4.69, 9.17) is 4.98 Å². The lowest BCUT2D eigenvalue weighted by atomic mass is 9.76. The highest BCUT2D eigenvalue weighted by atomic mass is 16.1. The Labute approximate surface area is 161 Å². The molecule has 4 heteroatoms. The molecule has 0 bridgehead atoms. The Morgan fingerprint density at radius 2 is 1.85 bits per heavy atom. The maximum atomic E-state index is 12.8. The van der Waals surface area contributed by atoms with E-state index in [0.29, 0.717) is 0 Å². The molecular weight excluding hydrogens is 334 g/mol. The van der Waals surface area contributed by atoms with Crippen LogP contribution in [0.15, 0.2) is 53.5 Å². The molecule has 1 spiro atoms. The van der Waals surface area contributed by atoms with E-state index < -0.39 is 0 Å². The highest BCUT2D eigenvalue weighted by Crippen LogP contribution is 2.45. The molecule has 1 amide bonds. The Bertz CT molecular complexity index is 871. The quantitative estimate of drug-likeness (QED) is 0.828. The van der Waals surface area contributed by atoms with E-state index in [1.165, 1.54) is 23.3 Å². The number of likely N-dealkylation sites (tertiary alicyclic amines) is 1. The van der Waals surface area contributed by atoms with E-state index in [-0.39, 0.29) is 11.3 Å². The van der Waals surface area contributed by atoms with Gasteiger partial charge in [0.25, 0.3) is 5.91 Å². The van der Waals surface area contributed by atoms with Gasteiger partial charge in [0.05, 0.1) is 0 Å². The predicted octanol–water partition coefficient (Wildman–Crippen LogP) is 3.76. The maximum absolute atomic E-state index is 12.8. The second-order valence-corrected chi connectivity index (χ2v) is 8.45. The minimum absolute atomic E-state index is 0.0859. The van der Waals surface area contributed by atoms with Crippen LogP contribution < -0.4 is 5.32 Å². The van der Waals surface area contributed by atoms with Gasteiger partial charge in [-0.25, -0.2) is 0 Å². The van der Waals surface area contributed by atoms with E-state index in [1.807, 2.05) is 6.20 Å². The molecule has 2 aliphatic heterocycles. The van der Waals surface area contributed by atoms with Crippen LogP contribution in [0.5, 0.6) is 0 Å². The van der Waals surface area contributed by atoms with Gasteiger partial charge in [-0.3, -0.25) is 9.78 Å². The highest BCUT2D eigenvalue weighted by molar-refractivity contribution is 5.97. The first kappa shape index (κ1) is 16.8. The zero-order valence-corrected chi connectivity index (χ0v) is 15.9. The van der Waals surface area contributed by atoms with Gasteiger partial charge in [-0.05, 0) is 80.2 Å². The second kappa shape index (κ2) is 6.36. The fraction of sp³-hybridized carbons (Fsp3) is 0.478. The number of hydrogen-bond donors (Lipinski definition) is 1. The number of nitrogens with one attached hydrogen (secondary N) is 1. The first-order valence-electron chi connectivity index (χ1n) is 10.3. The van der Waals surface area contributed by atoms with Crippen molar-refractivity contribution in [3.63, 3.8) is 0 Å². The molecule has 0 unspecified atom stereocenters. The number of allylic oxidation sites excluding steroid dienone is 3. The van der Waals surface area contributed by atoms with Crippen molar-refractivity contribution in [2.24, 2.45) is 0 Å². The van der Waals surface area contributed by atoms with E-state index >= 15 is 0 Å². The Morgan fingerprint density at radius 3 is 2.67 bits per heavy atom. The number of aryl methyl sites for hydroxylation is 1. The first-order valence-corrected chi connectivity index (χ1v) is 10.3. The molecule has 0 radical (unpaired) electrons. The van der Waals surface area contributed by atoms with Crippen LogP contribution in [0.2, 0.25) is 0 Å². The van der Waals surface area contributed by atoms with E-state index in [9.17, 15) is 4.79 Å². The average Bonchev–Trinajstić information content (AvgIpc) is 3.00. The summed E-state index contributed by atoms with van der Waals surface area (Å²) in [5.41, 5.74) is 6.14. The van der Waals surface area contributed by atoms with Crippen molar-refractivity contribution in [2.45, 2.75) is 56.8 Å². The van der Waals surface area contributed by atoms with Gasteiger partial charge in [0.1, 0.15) is 5.82 Å². The van der Waals surface area contributed by atoms with Gasteiger partial charge in [0, 0.05) is 36.0 Å². The monoisotopic (exact) mass is 361 g/mol. The van der Waals surface area contributed by atoms with Crippen LogP contribution in [-0.2, 0) is 16.6 Å². The largest absolute Gasteiger partial charge is 0.358 e. The Balaban J connectivity index is 1.35. The molecular formula is C23H27N3O. The van der Waals surface area contributed by atoms with Crippen LogP contribution in [0.3, 0.4) is 0 Å². The minimum Gasteiger partial charge on any atom is -0.358 e. The van der Waals surface area contributed by atoms with Gasteiger partial charge in [0.15, 0.2) is 0 Å². The molecule has 0 saturated carbocycles. The molecule has 4 nitrogen and oxygen atoms in total. The van der Waals surface area contributed by atoms with Gasteiger partial charge in [0.2, 0.25) is 0 Å². The summed E-state index contributed by atoms with van der Waals surface area (Å²) < 4.78 is 0. The molecule has 5 rings (SSSR count). The van der Waals surface area contributed by atoms with Gasteiger partial charge < -0.3 is 10.2 Å². The van der Waals surface area contributed by atoms with Crippen molar-refractivity contribution in [3.05, 3.63) is 64.8 Å². The van der Waals surface area contributed by atoms with Crippen LogP contribution in [0.25, 0.3) is 0 Å². The summed E-state index contributed by atoms with van der Waals surface area (Å²) >= 11 is 0. The second-order valence-electron chi connectivity index (χ2n) is 8.45. The number of carbonyl (C=O) groups is 1.